The van der Waals surface area contributed by atoms with E-state index in [0.717, 1.165) is 8.95 Å². The van der Waals surface area contributed by atoms with Gasteiger partial charge in [-0.1, -0.05) is 0 Å². The fraction of sp³-hybridized carbons (Fsp3) is 0.417. The molecule has 1 aliphatic rings. The van der Waals surface area contributed by atoms with Crippen molar-refractivity contribution in [3.8, 4) is 6.08 Å². The maximum Gasteiger partial charge on any atom is 0.156 e. The van der Waals surface area contributed by atoms with Crippen LogP contribution in [0.1, 0.15) is 19.3 Å². The highest BCUT2D eigenvalue weighted by atomic mass is 79.9. The smallest absolute Gasteiger partial charge is 0.156 e. The standard InChI is InChI=1S/C7H2Br3NO2.C5H11N/c8-2-1-3-6(5(10)4(2)9)11-7(12)13-3;1-2-4-6-5-3-1/h1H,(H,11,12);6H,1-5H2. The molecule has 0 amide bonds. The molecule has 7 heteroatoms. The van der Waals surface area contributed by atoms with Crippen LogP contribution < -0.4 is 10.4 Å². The summed E-state index contributed by atoms with van der Waals surface area (Å²) in [6.07, 6.45) is 3.77. The van der Waals surface area contributed by atoms with Gasteiger partial charge in [0.25, 0.3) is 0 Å². The van der Waals surface area contributed by atoms with E-state index in [1.807, 2.05) is 0 Å². The molecule has 104 valence electrons. The molecule has 19 heavy (non-hydrogen) atoms. The first kappa shape index (κ1) is 15.3. The first-order chi connectivity index (χ1) is 9.09. The zero-order chi connectivity index (χ0) is 13.8. The quantitative estimate of drug-likeness (QED) is 0.620. The minimum absolute atomic E-state index is 0.465. The molecule has 0 bridgehead atoms. The maximum atomic E-state index is 10.8. The lowest BCUT2D eigenvalue weighted by Crippen LogP contribution is -2.85. The van der Waals surface area contributed by atoms with Crippen LogP contribution in [-0.2, 0) is 0 Å². The summed E-state index contributed by atoms with van der Waals surface area (Å²) in [6, 6.07) is 1.69. The highest BCUT2D eigenvalue weighted by Crippen LogP contribution is 2.37. The minimum atomic E-state index is -0.583. The van der Waals surface area contributed by atoms with Gasteiger partial charge in [-0.2, -0.15) is 0 Å². The summed E-state index contributed by atoms with van der Waals surface area (Å²) in [5.74, 6) is 0. The van der Waals surface area contributed by atoms with E-state index in [1.54, 1.807) is 6.07 Å². The van der Waals surface area contributed by atoms with Gasteiger partial charge >= 0.3 is 0 Å². The van der Waals surface area contributed by atoms with Crippen LogP contribution in [0.2, 0.25) is 0 Å². The second-order valence-electron chi connectivity index (χ2n) is 4.24. The molecule has 1 fully saturated rings. The van der Waals surface area contributed by atoms with Crippen molar-refractivity contribution in [2.45, 2.75) is 19.3 Å². The van der Waals surface area contributed by atoms with Crippen LogP contribution in [0.15, 0.2) is 23.9 Å². The summed E-state index contributed by atoms with van der Waals surface area (Å²) in [7, 11) is 0. The lowest BCUT2D eigenvalue weighted by Gasteiger charge is -2.05. The van der Waals surface area contributed by atoms with Crippen LogP contribution in [-0.4, -0.2) is 18.1 Å². The van der Waals surface area contributed by atoms with Crippen LogP contribution in [0.3, 0.4) is 0 Å². The van der Waals surface area contributed by atoms with Gasteiger partial charge < -0.3 is 14.8 Å². The van der Waals surface area contributed by atoms with Gasteiger partial charge in [0.05, 0.1) is 23.1 Å². The van der Waals surface area contributed by atoms with Crippen molar-refractivity contribution in [3.05, 3.63) is 19.5 Å². The number of nitrogens with zero attached hydrogens (tertiary/aromatic N) is 1. The van der Waals surface area contributed by atoms with E-state index >= 15 is 0 Å². The highest BCUT2D eigenvalue weighted by Gasteiger charge is 2.08. The highest BCUT2D eigenvalue weighted by molar-refractivity contribution is 9.14. The van der Waals surface area contributed by atoms with Crippen LogP contribution in [0, 0.1) is 0 Å². The fourth-order valence-corrected chi connectivity index (χ4v) is 3.32. The molecule has 0 unspecified atom stereocenters. The Kier molecular flexibility index (Phi) is 5.68. The number of halogens is 3. The minimum Gasteiger partial charge on any atom is -0.564 e. The summed E-state index contributed by atoms with van der Waals surface area (Å²) < 4.78 is 7.17. The second kappa shape index (κ2) is 7.06. The Labute approximate surface area is 136 Å². The number of oxazole rings is 1. The van der Waals surface area contributed by atoms with Crippen LogP contribution >= 0.6 is 47.8 Å². The third-order valence-corrected chi connectivity index (χ3v) is 6.10. The molecule has 0 atom stereocenters. The molecule has 1 saturated heterocycles. The van der Waals surface area contributed by atoms with Crippen molar-refractivity contribution in [2.24, 2.45) is 0 Å². The Balaban J connectivity index is 0.000000186. The third-order valence-electron chi connectivity index (χ3n) is 2.82. The molecule has 1 aromatic carbocycles. The van der Waals surface area contributed by atoms with E-state index in [-0.39, 0.29) is 0 Å². The molecule has 1 aliphatic heterocycles. The van der Waals surface area contributed by atoms with Crippen LogP contribution in [0.25, 0.3) is 11.1 Å². The molecular formula is C12H13Br3N2O2. The summed E-state index contributed by atoms with van der Waals surface area (Å²) in [5.41, 5.74) is 0.993. The lowest BCUT2D eigenvalue weighted by molar-refractivity contribution is -0.662. The fourth-order valence-electron chi connectivity index (χ4n) is 1.85. The lowest BCUT2D eigenvalue weighted by atomic mass is 10.2. The summed E-state index contributed by atoms with van der Waals surface area (Å²) in [5, 5.41) is 13.2. The number of quaternary nitrogens is 1. The number of hydrogen-bond donors (Lipinski definition) is 1. The van der Waals surface area contributed by atoms with Gasteiger partial charge in [-0.15, -0.1) is 0 Å². The Morgan fingerprint density at radius 2 is 1.79 bits per heavy atom. The number of hydrogen-bond acceptors (Lipinski definition) is 3. The molecule has 1 aromatic heterocycles. The van der Waals surface area contributed by atoms with Crippen molar-refractivity contribution in [1.29, 1.82) is 0 Å². The van der Waals surface area contributed by atoms with Gasteiger partial charge in [0.2, 0.25) is 0 Å². The van der Waals surface area contributed by atoms with Crippen LogP contribution in [0.5, 0.6) is 6.08 Å². The Bertz CT molecular complexity index is 556. The molecule has 0 aliphatic carbocycles. The van der Waals surface area contributed by atoms with E-state index < -0.39 is 6.08 Å². The van der Waals surface area contributed by atoms with Crippen molar-refractivity contribution >= 4 is 58.9 Å². The summed E-state index contributed by atoms with van der Waals surface area (Å²) in [4.78, 5) is 3.69. The normalized spacial score (nSPS) is 15.1. The number of fused-ring (bicyclic) bond motifs is 1. The van der Waals surface area contributed by atoms with Crippen molar-refractivity contribution in [1.82, 2.24) is 4.98 Å². The first-order valence-corrected chi connectivity index (χ1v) is 8.40. The average molecular weight is 457 g/mol. The molecule has 2 aromatic rings. The van der Waals surface area contributed by atoms with Crippen molar-refractivity contribution in [2.75, 3.05) is 13.1 Å². The van der Waals surface area contributed by atoms with Crippen molar-refractivity contribution < 1.29 is 14.8 Å². The maximum absolute atomic E-state index is 10.8. The monoisotopic (exact) mass is 454 g/mol. The topological polar surface area (TPSA) is 65.7 Å². The Morgan fingerprint density at radius 3 is 2.32 bits per heavy atom. The molecule has 4 nitrogen and oxygen atoms in total. The number of aromatic nitrogens is 1. The molecular weight excluding hydrogens is 444 g/mol. The zero-order valence-corrected chi connectivity index (χ0v) is 14.8. The second-order valence-corrected chi connectivity index (χ2v) is 6.68. The van der Waals surface area contributed by atoms with Gasteiger partial charge in [-0.3, -0.25) is 0 Å². The first-order valence-electron chi connectivity index (χ1n) is 6.02. The van der Waals surface area contributed by atoms with E-state index in [1.165, 1.54) is 32.4 Å². The van der Waals surface area contributed by atoms with E-state index in [9.17, 15) is 5.11 Å². The summed E-state index contributed by atoms with van der Waals surface area (Å²) >= 11 is 9.95. The molecule has 3 rings (SSSR count). The Hall–Kier alpha value is -0.110. The number of rotatable bonds is 0. The molecule has 2 N–H and O–H groups in total. The van der Waals surface area contributed by atoms with Gasteiger partial charge in [0.1, 0.15) is 0 Å². The zero-order valence-electron chi connectivity index (χ0n) is 10.1. The summed E-state index contributed by atoms with van der Waals surface area (Å²) in [6.45, 7) is 2.75. The largest absolute Gasteiger partial charge is 0.564 e. The average Bonchev–Trinajstić information content (AvgIpc) is 2.80. The number of benzene rings is 1. The van der Waals surface area contributed by atoms with E-state index in [0.29, 0.717) is 15.6 Å². The van der Waals surface area contributed by atoms with Gasteiger partial charge in [0.15, 0.2) is 6.08 Å². The number of piperidine rings is 1. The van der Waals surface area contributed by atoms with Gasteiger partial charge in [-0.05, 0) is 73.1 Å². The van der Waals surface area contributed by atoms with Gasteiger partial charge in [0, 0.05) is 14.5 Å². The van der Waals surface area contributed by atoms with E-state index in [4.69, 9.17) is 4.42 Å². The van der Waals surface area contributed by atoms with E-state index in [2.05, 4.69) is 58.1 Å². The predicted molar refractivity (Wildman–Crippen MR) is 82.1 cm³/mol. The molecule has 0 radical (unpaired) electrons. The molecule has 0 saturated carbocycles. The predicted octanol–water partition coefficient (Wildman–Crippen LogP) is 2.92. The molecule has 2 heterocycles. The SMILES string of the molecule is C1CC[NH2+]CC1.[O-]c1nc2c(Br)c(Br)c(Br)cc2o1. The third kappa shape index (κ3) is 3.93. The Morgan fingerprint density at radius 1 is 1.11 bits per heavy atom. The van der Waals surface area contributed by atoms with Gasteiger partial charge in [-0.25, -0.2) is 4.98 Å². The van der Waals surface area contributed by atoms with Crippen LogP contribution in [0.4, 0.5) is 0 Å². The molecule has 0 spiro atoms. The van der Waals surface area contributed by atoms with Crippen molar-refractivity contribution in [3.63, 3.8) is 0 Å². The number of nitrogens with two attached hydrogens (primary N) is 1.